The maximum absolute atomic E-state index is 14.3. The first-order valence-corrected chi connectivity index (χ1v) is 32.8. The van der Waals surface area contributed by atoms with Crippen molar-refractivity contribution in [3.63, 3.8) is 0 Å². The highest BCUT2D eigenvalue weighted by Gasteiger charge is 2.57. The van der Waals surface area contributed by atoms with E-state index < -0.39 is 105 Å². The van der Waals surface area contributed by atoms with Crippen LogP contribution in [0.4, 0.5) is 0 Å². The lowest BCUT2D eigenvalue weighted by Crippen LogP contribution is -2.68. The Bertz CT molecular complexity index is 3560. The zero-order valence-electron chi connectivity index (χ0n) is 53.8. The lowest BCUT2D eigenvalue weighted by Gasteiger charge is -2.51. The lowest BCUT2D eigenvalue weighted by molar-refractivity contribution is -0.392. The number of hydrogen-bond donors (Lipinski definition) is 2. The summed E-state index contributed by atoms with van der Waals surface area (Å²) in [4.78, 5) is 17.3. The van der Waals surface area contributed by atoms with E-state index in [1.54, 1.807) is 30.3 Å². The fourth-order valence-electron chi connectivity index (χ4n) is 11.7. The minimum Gasteiger partial charge on any atom is -0.459 e. The summed E-state index contributed by atoms with van der Waals surface area (Å²) in [6, 6.07) is 75.8. The molecule has 3 heterocycles. The van der Waals surface area contributed by atoms with Gasteiger partial charge in [-0.2, -0.15) is 0 Å². The van der Waals surface area contributed by atoms with Crippen LogP contribution < -0.4 is 0 Å². The van der Waals surface area contributed by atoms with Crippen molar-refractivity contribution in [2.24, 2.45) is 5.11 Å². The van der Waals surface area contributed by atoms with Gasteiger partial charge in [0, 0.05) is 18.1 Å². The summed E-state index contributed by atoms with van der Waals surface area (Å²) >= 11 is 0. The second-order valence-corrected chi connectivity index (χ2v) is 23.8. The number of hydrogen-bond acceptors (Lipinski definition) is 18. The second-order valence-electron chi connectivity index (χ2n) is 23.8. The molecule has 0 unspecified atom stereocenters. The molecule has 0 aliphatic carbocycles. The number of nitrogens with zero attached hydrogens (tertiary/aromatic N) is 3. The van der Waals surface area contributed by atoms with Crippen LogP contribution in [0.15, 0.2) is 248 Å². The van der Waals surface area contributed by atoms with Gasteiger partial charge in [0.15, 0.2) is 18.9 Å². The summed E-state index contributed by atoms with van der Waals surface area (Å²) in [6.45, 7) is 0.175. The minimum absolute atomic E-state index is 0.00205. The van der Waals surface area contributed by atoms with Crippen molar-refractivity contribution in [1.82, 2.24) is 0 Å². The van der Waals surface area contributed by atoms with E-state index in [1.807, 2.05) is 212 Å². The summed E-state index contributed by atoms with van der Waals surface area (Å²) in [6.07, 6.45) is -18.6. The Morgan fingerprint density at radius 1 is 0.371 bits per heavy atom. The van der Waals surface area contributed by atoms with Gasteiger partial charge in [0.05, 0.1) is 65.0 Å². The van der Waals surface area contributed by atoms with E-state index in [4.69, 9.17) is 66.3 Å². The number of esters is 1. The van der Waals surface area contributed by atoms with Crippen molar-refractivity contribution in [1.29, 1.82) is 0 Å². The van der Waals surface area contributed by atoms with Crippen LogP contribution >= 0.6 is 0 Å². The van der Waals surface area contributed by atoms with Gasteiger partial charge in [-0.1, -0.05) is 236 Å². The summed E-state index contributed by atoms with van der Waals surface area (Å²) in [5.41, 5.74) is 15.3. The first kappa shape index (κ1) is 70.3. The molecule has 0 aromatic heterocycles. The Labute approximate surface area is 565 Å². The Morgan fingerprint density at radius 3 is 1.12 bits per heavy atom. The van der Waals surface area contributed by atoms with Crippen LogP contribution in [0.2, 0.25) is 0 Å². The molecular formula is C77H83N3O17. The molecule has 3 fully saturated rings. The van der Waals surface area contributed by atoms with Gasteiger partial charge >= 0.3 is 5.97 Å². The minimum atomic E-state index is -1.59. The van der Waals surface area contributed by atoms with E-state index in [0.717, 1.165) is 38.9 Å². The molecule has 3 aliphatic heterocycles. The molecule has 0 bridgehead atoms. The maximum atomic E-state index is 14.3. The molecule has 15 atom stereocenters. The molecule has 11 rings (SSSR count). The number of azide groups is 1. The first-order valence-electron chi connectivity index (χ1n) is 32.8. The van der Waals surface area contributed by atoms with E-state index in [9.17, 15) is 20.5 Å². The third kappa shape index (κ3) is 20.7. The van der Waals surface area contributed by atoms with E-state index in [-0.39, 0.29) is 78.2 Å². The van der Waals surface area contributed by atoms with Crippen LogP contribution in [0.1, 0.15) is 55.7 Å². The lowest BCUT2D eigenvalue weighted by atomic mass is 9.95. The molecule has 20 heteroatoms. The highest BCUT2D eigenvalue weighted by Crippen LogP contribution is 2.39. The van der Waals surface area contributed by atoms with Gasteiger partial charge in [0.25, 0.3) is 0 Å². The molecule has 0 amide bonds. The molecule has 0 saturated carbocycles. The molecule has 20 nitrogen and oxygen atoms in total. The third-order valence-corrected chi connectivity index (χ3v) is 16.8. The number of carbonyl (C=O) groups excluding carboxylic acids is 1. The predicted octanol–water partition coefficient (Wildman–Crippen LogP) is 11.6. The largest absolute Gasteiger partial charge is 0.459 e. The fraction of sp³-hybridized carbons (Fsp3) is 0.364. The van der Waals surface area contributed by atoms with E-state index in [2.05, 4.69) is 10.0 Å². The molecule has 3 aliphatic rings. The van der Waals surface area contributed by atoms with E-state index in [1.165, 1.54) is 0 Å². The summed E-state index contributed by atoms with van der Waals surface area (Å²) in [5.74, 6) is -0.661. The molecule has 2 N–H and O–H groups in total. The Kier molecular flexibility index (Phi) is 27.2. The summed E-state index contributed by atoms with van der Waals surface area (Å²) < 4.78 is 97.1. The molecular weight excluding hydrogens is 1240 g/mol. The molecule has 3 saturated heterocycles. The fourth-order valence-corrected chi connectivity index (χ4v) is 11.7. The SMILES string of the molecule is [N-]=[N+]=NCCCO[C@@H]1O[C@H](COCc2ccccc2)[C@@H](O[C@@H]2O[C@H](COC(=O)c3ccccc3)[C@H](O[C@@H]3O[C@H](COCc4ccccc4)[C@H](O)[C@H](O)[C@H]3OCc3ccccc3)[C@H](OCc3ccccc3)[C@H]2OCc2ccccc2)[C@H](OCc2ccccc2)[C@H]1OCc1ccccc1. The highest BCUT2D eigenvalue weighted by atomic mass is 16.8. The quantitative estimate of drug-likeness (QED) is 0.0123. The Morgan fingerprint density at radius 2 is 0.701 bits per heavy atom. The maximum Gasteiger partial charge on any atom is 0.338 e. The molecule has 97 heavy (non-hydrogen) atoms. The van der Waals surface area contributed by atoms with Gasteiger partial charge in [0.1, 0.15) is 79.9 Å². The standard InChI is InChI=1S/C77H83N3O17/c78-80-79-42-25-43-86-75-72(90-49-59-36-19-6-20-37-59)70(88-47-57-32-15-4-16-33-57)67(63(94-75)52-85-45-55-28-11-2-12-29-55)97-77-73(91-50-60-38-21-7-22-39-60)71(89-48-58-34-17-5-18-35-58)68(64(95-77)53-92-74(83)61-40-23-8-24-41-61)96-76-69(87-46-56-30-13-3-14-31-56)66(82)65(81)62(93-76)51-84-44-54-26-9-1-10-27-54/h1-24,26-41,62-73,75-77,81-82H,25,42-53H2/t62-,63-,64-,65+,66+,67-,68+,69-,70+,71+,72-,73-,75-,76+,77+/m1/s1. The molecule has 508 valence electrons. The monoisotopic (exact) mass is 1320 g/mol. The van der Waals surface area contributed by atoms with Crippen molar-refractivity contribution in [3.05, 3.63) is 298 Å². The van der Waals surface area contributed by atoms with Crippen LogP contribution in [-0.4, -0.2) is 141 Å². The third-order valence-electron chi connectivity index (χ3n) is 16.8. The van der Waals surface area contributed by atoms with Crippen molar-refractivity contribution in [2.75, 3.05) is 33.0 Å². The molecule has 8 aromatic carbocycles. The van der Waals surface area contributed by atoms with E-state index >= 15 is 0 Å². The average molecular weight is 1320 g/mol. The van der Waals surface area contributed by atoms with Crippen LogP contribution in [0.5, 0.6) is 0 Å². The van der Waals surface area contributed by atoms with Gasteiger partial charge < -0.3 is 76.5 Å². The number of carbonyl (C=O) groups is 1. The first-order chi connectivity index (χ1) is 47.8. The van der Waals surface area contributed by atoms with Gasteiger partial charge in [0.2, 0.25) is 0 Å². The predicted molar refractivity (Wildman–Crippen MR) is 356 cm³/mol. The van der Waals surface area contributed by atoms with Crippen LogP contribution in [0.25, 0.3) is 10.4 Å². The van der Waals surface area contributed by atoms with Gasteiger partial charge in [-0.3, -0.25) is 0 Å². The Balaban J connectivity index is 1.02. The summed E-state index contributed by atoms with van der Waals surface area (Å²) in [5, 5.41) is 28.1. The van der Waals surface area contributed by atoms with Crippen LogP contribution in [0, 0.1) is 0 Å². The Hall–Kier alpha value is -8.06. The van der Waals surface area contributed by atoms with Gasteiger partial charge in [-0.25, -0.2) is 4.79 Å². The zero-order valence-corrected chi connectivity index (χ0v) is 53.8. The molecule has 0 radical (unpaired) electrons. The second kappa shape index (κ2) is 37.6. The molecule has 8 aromatic rings. The topological polar surface area (TPSA) is 236 Å². The number of aliphatic hydroxyl groups is 2. The number of ether oxygens (including phenoxy) is 14. The van der Waals surface area contributed by atoms with Crippen molar-refractivity contribution in [2.45, 2.75) is 145 Å². The zero-order chi connectivity index (χ0) is 66.6. The van der Waals surface area contributed by atoms with Crippen molar-refractivity contribution >= 4 is 5.97 Å². The van der Waals surface area contributed by atoms with Crippen LogP contribution in [-0.2, 0) is 113 Å². The summed E-state index contributed by atoms with van der Waals surface area (Å²) in [7, 11) is 0. The number of aliphatic hydroxyl groups excluding tert-OH is 2. The van der Waals surface area contributed by atoms with Gasteiger partial charge in [-0.05, 0) is 63.0 Å². The van der Waals surface area contributed by atoms with Crippen LogP contribution in [0.3, 0.4) is 0 Å². The smallest absolute Gasteiger partial charge is 0.338 e. The number of rotatable bonds is 35. The van der Waals surface area contributed by atoms with Crippen molar-refractivity contribution < 1.29 is 81.3 Å². The number of benzene rings is 8. The molecule has 0 spiro atoms. The highest BCUT2D eigenvalue weighted by molar-refractivity contribution is 5.89. The van der Waals surface area contributed by atoms with E-state index in [0.29, 0.717) is 6.42 Å². The normalized spacial score (nSPS) is 25.6. The van der Waals surface area contributed by atoms with Gasteiger partial charge in [-0.15, -0.1) is 0 Å². The van der Waals surface area contributed by atoms with Crippen molar-refractivity contribution in [3.8, 4) is 0 Å². The average Bonchev–Trinajstić information content (AvgIpc) is 0.771.